The minimum Gasteiger partial charge on any atom is -0.481 e. The van der Waals surface area contributed by atoms with Crippen LogP contribution in [0.25, 0.3) is 0 Å². The first kappa shape index (κ1) is 17.1. The molecule has 0 heterocycles. The number of carbonyl (C=O) groups is 1. The average molecular weight is 295 g/mol. The summed E-state index contributed by atoms with van der Waals surface area (Å²) >= 11 is 1.91. The third kappa shape index (κ3) is 7.56. The summed E-state index contributed by atoms with van der Waals surface area (Å²) in [5.41, 5.74) is 2.00. The lowest BCUT2D eigenvalue weighted by molar-refractivity contribution is -0.136. The van der Waals surface area contributed by atoms with E-state index in [0.717, 1.165) is 24.2 Å². The monoisotopic (exact) mass is 295 g/mol. The van der Waals surface area contributed by atoms with Crippen LogP contribution in [0.3, 0.4) is 0 Å². The van der Waals surface area contributed by atoms with Crippen molar-refractivity contribution < 1.29 is 9.90 Å². The highest BCUT2D eigenvalue weighted by Gasteiger charge is 2.05. The molecule has 1 aromatic rings. The standard InChI is InChI=1S/C16H25NO2S/c1-20-11-7-3-2-6-10-17-13-15-9-5-4-8-14(15)12-16(18)19/h4-5,8-9,17H,2-3,6-7,10-13H2,1H3,(H,18,19). The van der Waals surface area contributed by atoms with Gasteiger partial charge in [0.05, 0.1) is 6.42 Å². The van der Waals surface area contributed by atoms with Gasteiger partial charge in [-0.05, 0) is 42.5 Å². The molecule has 1 rings (SSSR count). The van der Waals surface area contributed by atoms with E-state index in [-0.39, 0.29) is 6.42 Å². The van der Waals surface area contributed by atoms with Crippen LogP contribution in [0.5, 0.6) is 0 Å². The summed E-state index contributed by atoms with van der Waals surface area (Å²) in [6, 6.07) is 7.76. The first-order chi connectivity index (χ1) is 9.74. The number of unbranched alkanes of at least 4 members (excludes halogenated alkanes) is 3. The largest absolute Gasteiger partial charge is 0.481 e. The predicted octanol–water partition coefficient (Wildman–Crippen LogP) is 3.33. The second-order valence-electron chi connectivity index (χ2n) is 4.92. The number of thioether (sulfide) groups is 1. The number of nitrogens with one attached hydrogen (secondary N) is 1. The van der Waals surface area contributed by atoms with Crippen molar-refractivity contribution in [2.24, 2.45) is 0 Å². The quantitative estimate of drug-likeness (QED) is 0.615. The Kier molecular flexibility index (Phi) is 9.16. The lowest BCUT2D eigenvalue weighted by atomic mass is 10.0. The van der Waals surface area contributed by atoms with Crippen LogP contribution < -0.4 is 5.32 Å². The lowest BCUT2D eigenvalue weighted by Crippen LogP contribution is -2.16. The number of rotatable bonds is 11. The van der Waals surface area contributed by atoms with Crippen molar-refractivity contribution in [1.82, 2.24) is 5.32 Å². The maximum absolute atomic E-state index is 10.8. The third-order valence-corrected chi connectivity index (χ3v) is 3.92. The summed E-state index contributed by atoms with van der Waals surface area (Å²) in [5, 5.41) is 12.3. The van der Waals surface area contributed by atoms with E-state index in [2.05, 4.69) is 11.6 Å². The third-order valence-electron chi connectivity index (χ3n) is 3.23. The molecular weight excluding hydrogens is 270 g/mol. The number of carboxylic acids is 1. The maximum atomic E-state index is 10.8. The number of aliphatic carboxylic acids is 1. The molecule has 0 atom stereocenters. The van der Waals surface area contributed by atoms with Gasteiger partial charge in [-0.3, -0.25) is 4.79 Å². The maximum Gasteiger partial charge on any atom is 0.307 e. The minimum absolute atomic E-state index is 0.104. The first-order valence-corrected chi connectivity index (χ1v) is 8.61. The van der Waals surface area contributed by atoms with E-state index in [0.29, 0.717) is 0 Å². The van der Waals surface area contributed by atoms with Crippen molar-refractivity contribution in [1.29, 1.82) is 0 Å². The summed E-state index contributed by atoms with van der Waals surface area (Å²) in [5.74, 6) is 0.488. The van der Waals surface area contributed by atoms with Gasteiger partial charge in [0.25, 0.3) is 0 Å². The van der Waals surface area contributed by atoms with Gasteiger partial charge in [0.1, 0.15) is 0 Å². The topological polar surface area (TPSA) is 49.3 Å². The molecular formula is C16H25NO2S. The Balaban J connectivity index is 2.20. The molecule has 0 aliphatic heterocycles. The minimum atomic E-state index is -0.772. The fourth-order valence-electron chi connectivity index (χ4n) is 2.14. The van der Waals surface area contributed by atoms with Gasteiger partial charge in [0.2, 0.25) is 0 Å². The Labute approximate surface area is 126 Å². The fraction of sp³-hybridized carbons (Fsp3) is 0.562. The molecule has 0 bridgehead atoms. The van der Waals surface area contributed by atoms with E-state index in [1.807, 2.05) is 36.0 Å². The zero-order chi connectivity index (χ0) is 14.6. The van der Waals surface area contributed by atoms with Crippen LogP contribution in [-0.4, -0.2) is 29.6 Å². The second-order valence-corrected chi connectivity index (χ2v) is 5.91. The molecule has 0 amide bonds. The summed E-state index contributed by atoms with van der Waals surface area (Å²) in [6.07, 6.45) is 7.32. The molecule has 2 N–H and O–H groups in total. The van der Waals surface area contributed by atoms with Crippen molar-refractivity contribution >= 4 is 17.7 Å². The van der Waals surface area contributed by atoms with E-state index < -0.39 is 5.97 Å². The first-order valence-electron chi connectivity index (χ1n) is 7.22. The van der Waals surface area contributed by atoms with Crippen LogP contribution in [0.4, 0.5) is 0 Å². The van der Waals surface area contributed by atoms with Crippen molar-refractivity contribution in [2.75, 3.05) is 18.6 Å². The Hall–Kier alpha value is -1.00. The Morgan fingerprint density at radius 3 is 2.55 bits per heavy atom. The molecule has 1 aromatic carbocycles. The molecule has 0 radical (unpaired) electrons. The van der Waals surface area contributed by atoms with Crippen LogP contribution in [0.15, 0.2) is 24.3 Å². The molecule has 0 fully saturated rings. The van der Waals surface area contributed by atoms with Crippen LogP contribution in [0, 0.1) is 0 Å². The molecule has 0 saturated heterocycles. The normalized spacial score (nSPS) is 10.7. The molecule has 0 aromatic heterocycles. The number of hydrogen-bond donors (Lipinski definition) is 2. The van der Waals surface area contributed by atoms with Gasteiger partial charge >= 0.3 is 5.97 Å². The molecule has 4 heteroatoms. The summed E-state index contributed by atoms with van der Waals surface area (Å²) < 4.78 is 0. The van der Waals surface area contributed by atoms with Gasteiger partial charge in [-0.1, -0.05) is 37.1 Å². The molecule has 3 nitrogen and oxygen atoms in total. The second kappa shape index (κ2) is 10.7. The zero-order valence-electron chi connectivity index (χ0n) is 12.2. The van der Waals surface area contributed by atoms with Crippen LogP contribution in [0.1, 0.15) is 36.8 Å². The summed E-state index contributed by atoms with van der Waals surface area (Å²) in [7, 11) is 0. The fourth-order valence-corrected chi connectivity index (χ4v) is 2.63. The van der Waals surface area contributed by atoms with Crippen molar-refractivity contribution in [3.63, 3.8) is 0 Å². The van der Waals surface area contributed by atoms with Gasteiger partial charge in [-0.25, -0.2) is 0 Å². The van der Waals surface area contributed by atoms with Gasteiger partial charge in [-0.15, -0.1) is 0 Å². The van der Waals surface area contributed by atoms with E-state index in [9.17, 15) is 4.79 Å². The Morgan fingerprint density at radius 2 is 1.85 bits per heavy atom. The summed E-state index contributed by atoms with van der Waals surface area (Å²) in [4.78, 5) is 10.8. The number of hydrogen-bond acceptors (Lipinski definition) is 3. The van der Waals surface area contributed by atoms with Crippen LogP contribution >= 0.6 is 11.8 Å². The van der Waals surface area contributed by atoms with Gasteiger partial charge in [-0.2, -0.15) is 11.8 Å². The highest BCUT2D eigenvalue weighted by atomic mass is 32.2. The molecule has 112 valence electrons. The SMILES string of the molecule is CSCCCCCCNCc1ccccc1CC(=O)O. The molecule has 0 unspecified atom stereocenters. The molecule has 20 heavy (non-hydrogen) atoms. The molecule has 0 saturated carbocycles. The summed E-state index contributed by atoms with van der Waals surface area (Å²) in [6.45, 7) is 1.76. The van der Waals surface area contributed by atoms with E-state index in [1.54, 1.807) is 0 Å². The van der Waals surface area contributed by atoms with Gasteiger partial charge in [0, 0.05) is 6.54 Å². The molecule has 0 aliphatic carbocycles. The van der Waals surface area contributed by atoms with Gasteiger partial charge in [0.15, 0.2) is 0 Å². The Bertz CT molecular complexity index is 396. The van der Waals surface area contributed by atoms with Crippen LogP contribution in [0.2, 0.25) is 0 Å². The zero-order valence-corrected chi connectivity index (χ0v) is 13.0. The average Bonchev–Trinajstić information content (AvgIpc) is 2.43. The number of carboxylic acid groups (broad SMARTS) is 1. The van der Waals surface area contributed by atoms with Gasteiger partial charge < -0.3 is 10.4 Å². The van der Waals surface area contributed by atoms with E-state index in [4.69, 9.17) is 5.11 Å². The van der Waals surface area contributed by atoms with E-state index >= 15 is 0 Å². The van der Waals surface area contributed by atoms with Crippen molar-refractivity contribution in [2.45, 2.75) is 38.6 Å². The lowest BCUT2D eigenvalue weighted by Gasteiger charge is -2.09. The smallest absolute Gasteiger partial charge is 0.307 e. The van der Waals surface area contributed by atoms with Crippen molar-refractivity contribution in [3.05, 3.63) is 35.4 Å². The van der Waals surface area contributed by atoms with Crippen molar-refractivity contribution in [3.8, 4) is 0 Å². The van der Waals surface area contributed by atoms with E-state index in [1.165, 1.54) is 31.4 Å². The number of benzene rings is 1. The molecule has 0 spiro atoms. The highest BCUT2D eigenvalue weighted by molar-refractivity contribution is 7.98. The highest BCUT2D eigenvalue weighted by Crippen LogP contribution is 2.10. The molecule has 0 aliphatic rings. The Morgan fingerprint density at radius 1 is 1.15 bits per heavy atom. The predicted molar refractivity (Wildman–Crippen MR) is 86.3 cm³/mol. The van der Waals surface area contributed by atoms with Crippen LogP contribution in [-0.2, 0) is 17.8 Å².